The van der Waals surface area contributed by atoms with Gasteiger partial charge in [0.05, 0.1) is 11.9 Å². The summed E-state index contributed by atoms with van der Waals surface area (Å²) in [5.41, 5.74) is 0.790. The highest BCUT2D eigenvalue weighted by molar-refractivity contribution is 7.91. The van der Waals surface area contributed by atoms with Crippen molar-refractivity contribution < 1.29 is 13.2 Å². The molecular weight excluding hydrogens is 288 g/mol. The van der Waals surface area contributed by atoms with Gasteiger partial charge < -0.3 is 4.74 Å². The number of rotatable bonds is 4. The van der Waals surface area contributed by atoms with Gasteiger partial charge in [-0.15, -0.1) is 0 Å². The monoisotopic (exact) mass is 306 g/mol. The Morgan fingerprint density at radius 3 is 2.76 bits per heavy atom. The van der Waals surface area contributed by atoms with Crippen LogP contribution in [0.5, 0.6) is 0 Å². The molecule has 2 aromatic rings. The van der Waals surface area contributed by atoms with E-state index in [1.54, 1.807) is 10.8 Å². The molecule has 0 radical (unpaired) electrons. The van der Waals surface area contributed by atoms with Crippen molar-refractivity contribution in [1.29, 1.82) is 0 Å². The van der Waals surface area contributed by atoms with Crippen molar-refractivity contribution in [1.82, 2.24) is 9.55 Å². The molecule has 3 rings (SSSR count). The van der Waals surface area contributed by atoms with Gasteiger partial charge in [0.15, 0.2) is 0 Å². The van der Waals surface area contributed by atoms with E-state index in [0.717, 1.165) is 24.9 Å². The molecule has 1 aliphatic rings. The summed E-state index contributed by atoms with van der Waals surface area (Å²) in [6.45, 7) is 0.646. The first kappa shape index (κ1) is 14.3. The molecule has 0 saturated carbocycles. The van der Waals surface area contributed by atoms with Crippen LogP contribution in [0.4, 0.5) is 0 Å². The van der Waals surface area contributed by atoms with Crippen LogP contribution >= 0.6 is 0 Å². The van der Waals surface area contributed by atoms with Gasteiger partial charge in [0.2, 0.25) is 15.0 Å². The largest absolute Gasteiger partial charge is 0.377 e. The Hall–Kier alpha value is -1.66. The van der Waals surface area contributed by atoms with Gasteiger partial charge in [0.1, 0.15) is 0 Å². The van der Waals surface area contributed by atoms with E-state index in [1.807, 2.05) is 30.3 Å². The fourth-order valence-corrected chi connectivity index (χ4v) is 4.15. The third-order valence-corrected chi connectivity index (χ3v) is 5.27. The maximum Gasteiger partial charge on any atom is 0.232 e. The zero-order valence-corrected chi connectivity index (χ0v) is 12.5. The van der Waals surface area contributed by atoms with E-state index in [0.29, 0.717) is 6.61 Å². The van der Waals surface area contributed by atoms with Gasteiger partial charge in [0.25, 0.3) is 0 Å². The van der Waals surface area contributed by atoms with Crippen molar-refractivity contribution >= 4 is 9.84 Å². The van der Waals surface area contributed by atoms with E-state index in [2.05, 4.69) is 4.98 Å². The number of hydrogen-bond donors (Lipinski definition) is 0. The van der Waals surface area contributed by atoms with Crippen molar-refractivity contribution in [2.45, 2.75) is 30.5 Å². The average Bonchev–Trinajstić information content (AvgIpc) is 2.99. The maximum absolute atomic E-state index is 12.6. The molecule has 1 aromatic heterocycles. The Labute approximate surface area is 124 Å². The topological polar surface area (TPSA) is 61.2 Å². The number of nitrogens with zero attached hydrogens (tertiary/aromatic N) is 2. The SMILES string of the molecule is O=S(=O)(CC1CCCCO1)c1nccn1-c1ccccc1. The van der Waals surface area contributed by atoms with E-state index < -0.39 is 9.84 Å². The van der Waals surface area contributed by atoms with Crippen LogP contribution < -0.4 is 0 Å². The van der Waals surface area contributed by atoms with E-state index >= 15 is 0 Å². The van der Waals surface area contributed by atoms with E-state index in [9.17, 15) is 8.42 Å². The van der Waals surface area contributed by atoms with Crippen LogP contribution in [0.15, 0.2) is 47.9 Å². The molecule has 0 amide bonds. The molecule has 1 atom stereocenters. The van der Waals surface area contributed by atoms with Crippen molar-refractivity contribution in [3.63, 3.8) is 0 Å². The van der Waals surface area contributed by atoms with Gasteiger partial charge in [-0.2, -0.15) is 0 Å². The second-order valence-electron chi connectivity index (χ2n) is 5.19. The molecule has 5 nitrogen and oxygen atoms in total. The van der Waals surface area contributed by atoms with Crippen molar-refractivity contribution in [3.05, 3.63) is 42.7 Å². The highest BCUT2D eigenvalue weighted by Gasteiger charge is 2.27. The van der Waals surface area contributed by atoms with Crippen molar-refractivity contribution in [3.8, 4) is 5.69 Å². The van der Waals surface area contributed by atoms with Gasteiger partial charge >= 0.3 is 0 Å². The highest BCUT2D eigenvalue weighted by atomic mass is 32.2. The lowest BCUT2D eigenvalue weighted by Crippen LogP contribution is -2.28. The number of benzene rings is 1. The minimum absolute atomic E-state index is 0.00313. The van der Waals surface area contributed by atoms with E-state index in [4.69, 9.17) is 4.74 Å². The summed E-state index contributed by atoms with van der Waals surface area (Å²) in [5, 5.41) is 0.0860. The Kier molecular flexibility index (Phi) is 4.07. The zero-order chi connectivity index (χ0) is 14.7. The maximum atomic E-state index is 12.6. The molecule has 6 heteroatoms. The third-order valence-electron chi connectivity index (χ3n) is 3.60. The number of hydrogen-bond acceptors (Lipinski definition) is 4. The minimum atomic E-state index is -3.47. The average molecular weight is 306 g/mol. The van der Waals surface area contributed by atoms with Crippen molar-refractivity contribution in [2.24, 2.45) is 0 Å². The number of imidazole rings is 1. The highest BCUT2D eigenvalue weighted by Crippen LogP contribution is 2.20. The number of para-hydroxylation sites is 1. The third kappa shape index (κ3) is 3.16. The predicted molar refractivity (Wildman–Crippen MR) is 79.2 cm³/mol. The zero-order valence-electron chi connectivity index (χ0n) is 11.7. The first-order chi connectivity index (χ1) is 10.2. The van der Waals surface area contributed by atoms with Crippen LogP contribution in [-0.2, 0) is 14.6 Å². The molecule has 21 heavy (non-hydrogen) atoms. The quantitative estimate of drug-likeness (QED) is 0.869. The molecule has 1 aliphatic heterocycles. The molecule has 2 heterocycles. The molecule has 1 aromatic carbocycles. The summed E-state index contributed by atoms with van der Waals surface area (Å²) in [7, 11) is -3.47. The van der Waals surface area contributed by atoms with Crippen LogP contribution in [0.2, 0.25) is 0 Å². The number of ether oxygens (including phenoxy) is 1. The van der Waals surface area contributed by atoms with Gasteiger partial charge in [0, 0.05) is 24.7 Å². The summed E-state index contributed by atoms with van der Waals surface area (Å²) >= 11 is 0. The lowest BCUT2D eigenvalue weighted by Gasteiger charge is -2.22. The molecule has 112 valence electrons. The van der Waals surface area contributed by atoms with Crippen LogP contribution in [0.3, 0.4) is 0 Å². The van der Waals surface area contributed by atoms with Gasteiger partial charge in [-0.05, 0) is 31.4 Å². The summed E-state index contributed by atoms with van der Waals surface area (Å²) in [4.78, 5) is 4.05. The number of aromatic nitrogens is 2. The van der Waals surface area contributed by atoms with Crippen LogP contribution in [-0.4, -0.2) is 36.4 Å². The normalized spacial score (nSPS) is 19.5. The van der Waals surface area contributed by atoms with Gasteiger partial charge in [-0.3, -0.25) is 4.57 Å². The van der Waals surface area contributed by atoms with E-state index in [-0.39, 0.29) is 17.0 Å². The Balaban J connectivity index is 1.88. The summed E-state index contributed by atoms with van der Waals surface area (Å²) < 4.78 is 32.3. The molecular formula is C15H18N2O3S. The van der Waals surface area contributed by atoms with Gasteiger partial charge in [-0.1, -0.05) is 18.2 Å². The fraction of sp³-hybridized carbons (Fsp3) is 0.400. The van der Waals surface area contributed by atoms with E-state index in [1.165, 1.54) is 6.20 Å². The Morgan fingerprint density at radius 2 is 2.05 bits per heavy atom. The lowest BCUT2D eigenvalue weighted by atomic mass is 10.1. The summed E-state index contributed by atoms with van der Waals surface area (Å²) in [5.74, 6) is -0.00313. The standard InChI is InChI=1S/C15H18N2O3S/c18-21(19,12-14-8-4-5-11-20-14)15-16-9-10-17(15)13-6-2-1-3-7-13/h1-3,6-7,9-10,14H,4-5,8,11-12H2. The lowest BCUT2D eigenvalue weighted by molar-refractivity contribution is 0.0304. The summed E-state index contributed by atoms with van der Waals surface area (Å²) in [6.07, 6.45) is 5.80. The molecule has 0 bridgehead atoms. The Bertz CT molecular complexity index is 689. The summed E-state index contributed by atoms with van der Waals surface area (Å²) in [6, 6.07) is 9.35. The van der Waals surface area contributed by atoms with Crippen molar-refractivity contribution in [2.75, 3.05) is 12.4 Å². The smallest absolute Gasteiger partial charge is 0.232 e. The second kappa shape index (κ2) is 5.99. The Morgan fingerprint density at radius 1 is 1.24 bits per heavy atom. The molecule has 0 spiro atoms. The molecule has 0 N–H and O–H groups in total. The van der Waals surface area contributed by atoms with Gasteiger partial charge in [-0.25, -0.2) is 13.4 Å². The molecule has 1 fully saturated rings. The second-order valence-corrected chi connectivity index (χ2v) is 7.11. The first-order valence-electron chi connectivity index (χ1n) is 7.10. The predicted octanol–water partition coefficient (Wildman–Crippen LogP) is 2.22. The van der Waals surface area contributed by atoms with Crippen LogP contribution in [0.25, 0.3) is 5.69 Å². The molecule has 0 aliphatic carbocycles. The number of sulfone groups is 1. The molecule has 1 unspecified atom stereocenters. The molecule has 1 saturated heterocycles. The fourth-order valence-electron chi connectivity index (χ4n) is 2.56. The first-order valence-corrected chi connectivity index (χ1v) is 8.75. The minimum Gasteiger partial charge on any atom is -0.377 e. The van der Waals surface area contributed by atoms with Crippen LogP contribution in [0, 0.1) is 0 Å². The van der Waals surface area contributed by atoms with Crippen LogP contribution in [0.1, 0.15) is 19.3 Å².